The molecule has 2 aromatic carbocycles. The lowest BCUT2D eigenvalue weighted by Crippen LogP contribution is -2.50. The molecule has 3 rings (SSSR count). The fourth-order valence-electron chi connectivity index (χ4n) is 3.94. The second-order valence-electron chi connectivity index (χ2n) is 8.66. The topological polar surface area (TPSA) is 118 Å². The second kappa shape index (κ2) is 15.6. The van der Waals surface area contributed by atoms with Crippen molar-refractivity contribution in [3.63, 3.8) is 0 Å². The highest BCUT2D eigenvalue weighted by Gasteiger charge is 2.38. The smallest absolute Gasteiger partial charge is 0.490 e. The summed E-state index contributed by atoms with van der Waals surface area (Å²) >= 11 is 0. The van der Waals surface area contributed by atoms with Gasteiger partial charge in [-0.25, -0.2) is 4.79 Å². The Bertz CT molecular complexity index is 1100. The molecule has 0 unspecified atom stereocenters. The Kier molecular flexibility index (Phi) is 12.5. The molecule has 220 valence electrons. The highest BCUT2D eigenvalue weighted by Crippen LogP contribution is 2.38. The molecule has 40 heavy (non-hydrogen) atoms. The van der Waals surface area contributed by atoms with Gasteiger partial charge in [0.15, 0.2) is 11.5 Å². The first-order valence-corrected chi connectivity index (χ1v) is 12.4. The average Bonchev–Trinajstić information content (AvgIpc) is 2.96. The third kappa shape index (κ3) is 9.63. The summed E-state index contributed by atoms with van der Waals surface area (Å²) in [5, 5.41) is 10.4. The number of piperazine rings is 1. The Morgan fingerprint density at radius 2 is 1.52 bits per heavy atom. The first-order chi connectivity index (χ1) is 19.0. The number of carbonyl (C=O) groups is 3. The lowest BCUT2D eigenvalue weighted by Gasteiger charge is -2.30. The van der Waals surface area contributed by atoms with Crippen LogP contribution in [0.2, 0.25) is 0 Å². The van der Waals surface area contributed by atoms with E-state index in [1.807, 2.05) is 23.1 Å². The maximum absolute atomic E-state index is 13.5. The zero-order valence-electron chi connectivity index (χ0n) is 22.6. The number of hydrogen-bond acceptors (Lipinski definition) is 7. The number of nitrogens with one attached hydrogen (secondary N) is 1. The Morgan fingerprint density at radius 1 is 0.975 bits per heavy atom. The van der Waals surface area contributed by atoms with E-state index in [-0.39, 0.29) is 18.4 Å². The highest BCUT2D eigenvalue weighted by molar-refractivity contribution is 5.97. The van der Waals surface area contributed by atoms with E-state index < -0.39 is 12.1 Å². The van der Waals surface area contributed by atoms with Gasteiger partial charge in [-0.15, -0.1) is 0 Å². The first kappa shape index (κ1) is 32.2. The van der Waals surface area contributed by atoms with E-state index in [2.05, 4.69) is 17.4 Å². The Labute approximate surface area is 230 Å². The maximum Gasteiger partial charge on any atom is 0.490 e. The lowest BCUT2D eigenvalue weighted by molar-refractivity contribution is -0.192. The summed E-state index contributed by atoms with van der Waals surface area (Å²) in [6.45, 7) is 3.32. The summed E-state index contributed by atoms with van der Waals surface area (Å²) in [6.07, 6.45) is -3.52. The van der Waals surface area contributed by atoms with Crippen molar-refractivity contribution in [3.05, 3.63) is 53.6 Å². The molecular formula is C27H34F3N3O7. The third-order valence-corrected chi connectivity index (χ3v) is 5.97. The molecule has 2 N–H and O–H groups in total. The zero-order chi connectivity index (χ0) is 29.7. The van der Waals surface area contributed by atoms with Crippen LogP contribution in [0.15, 0.2) is 42.5 Å². The summed E-state index contributed by atoms with van der Waals surface area (Å²) in [5.74, 6) is -1.82. The average molecular weight is 570 g/mol. The molecule has 1 fully saturated rings. The van der Waals surface area contributed by atoms with Crippen LogP contribution in [0.1, 0.15) is 22.3 Å². The third-order valence-electron chi connectivity index (χ3n) is 5.97. The number of hydrogen-bond donors (Lipinski definition) is 2. The summed E-state index contributed by atoms with van der Waals surface area (Å²) < 4.78 is 47.9. The van der Waals surface area contributed by atoms with Gasteiger partial charge in [-0.05, 0) is 30.5 Å². The van der Waals surface area contributed by atoms with Crippen LogP contribution in [0.5, 0.6) is 17.2 Å². The van der Waals surface area contributed by atoms with Crippen molar-refractivity contribution in [2.45, 2.75) is 19.0 Å². The van der Waals surface area contributed by atoms with Gasteiger partial charge in [-0.1, -0.05) is 30.3 Å². The van der Waals surface area contributed by atoms with Crippen LogP contribution < -0.4 is 19.5 Å². The van der Waals surface area contributed by atoms with Gasteiger partial charge in [0.1, 0.15) is 6.54 Å². The number of nitrogens with zero attached hydrogens (tertiary/aromatic N) is 2. The number of amides is 2. The van der Waals surface area contributed by atoms with Gasteiger partial charge in [0.2, 0.25) is 11.7 Å². The molecule has 0 spiro atoms. The van der Waals surface area contributed by atoms with E-state index >= 15 is 0 Å². The Morgan fingerprint density at radius 3 is 2.00 bits per heavy atom. The number of alkyl halides is 3. The van der Waals surface area contributed by atoms with Gasteiger partial charge in [0, 0.05) is 38.3 Å². The summed E-state index contributed by atoms with van der Waals surface area (Å²) in [4.78, 5) is 38.8. The monoisotopic (exact) mass is 569 g/mol. The number of aryl methyl sites for hydroxylation is 1. The largest absolute Gasteiger partial charge is 0.493 e. The molecule has 13 heteroatoms. The van der Waals surface area contributed by atoms with Gasteiger partial charge in [0.25, 0.3) is 5.91 Å². The van der Waals surface area contributed by atoms with Gasteiger partial charge in [0.05, 0.1) is 21.3 Å². The van der Waals surface area contributed by atoms with Crippen LogP contribution in [-0.4, -0.2) is 99.5 Å². The van der Waals surface area contributed by atoms with E-state index in [0.29, 0.717) is 42.4 Å². The van der Waals surface area contributed by atoms with Gasteiger partial charge in [-0.2, -0.15) is 13.2 Å². The normalized spacial score (nSPS) is 13.0. The highest BCUT2D eigenvalue weighted by atomic mass is 19.4. The molecule has 1 aliphatic heterocycles. The number of benzene rings is 2. The van der Waals surface area contributed by atoms with Crippen molar-refractivity contribution < 1.29 is 46.9 Å². The molecule has 1 heterocycles. The molecule has 1 aliphatic rings. The molecule has 0 aromatic heterocycles. The first-order valence-electron chi connectivity index (χ1n) is 12.4. The van der Waals surface area contributed by atoms with Crippen molar-refractivity contribution in [3.8, 4) is 17.2 Å². The molecule has 10 nitrogen and oxygen atoms in total. The standard InChI is InChI=1S/C25H33N3O5.C2HF3O2/c1-31-21-16-20(17-22(32-2)24(21)33-3)25(30)28(13-7-10-19-8-5-4-6-9-19)18-23(29)27-14-11-26-12-15-27;3-2(4,5)1(6)7/h4-6,8-9,16-17,26H,7,10-15,18H2,1-3H3;(H,6,7). The van der Waals surface area contributed by atoms with E-state index in [1.54, 1.807) is 17.0 Å². The molecule has 0 aliphatic carbocycles. The number of carboxylic acid groups (broad SMARTS) is 1. The predicted octanol–water partition coefficient (Wildman–Crippen LogP) is 2.85. The molecule has 2 aromatic rings. The zero-order valence-corrected chi connectivity index (χ0v) is 22.6. The molecule has 1 saturated heterocycles. The molecule has 0 saturated carbocycles. The van der Waals surface area contributed by atoms with E-state index in [1.165, 1.54) is 26.9 Å². The minimum absolute atomic E-state index is 0.0320. The SMILES string of the molecule is COc1cc(C(=O)N(CCCc2ccccc2)CC(=O)N2CCNCC2)cc(OC)c1OC.O=C(O)C(F)(F)F. The van der Waals surface area contributed by atoms with Crippen LogP contribution in [-0.2, 0) is 16.0 Å². The fourth-order valence-corrected chi connectivity index (χ4v) is 3.94. The van der Waals surface area contributed by atoms with Crippen molar-refractivity contribution in [1.82, 2.24) is 15.1 Å². The van der Waals surface area contributed by atoms with Crippen molar-refractivity contribution in [1.29, 1.82) is 0 Å². The minimum Gasteiger partial charge on any atom is -0.493 e. The van der Waals surface area contributed by atoms with Gasteiger partial charge < -0.3 is 34.4 Å². The minimum atomic E-state index is -5.08. The summed E-state index contributed by atoms with van der Waals surface area (Å²) in [5.41, 5.74) is 1.59. The van der Waals surface area contributed by atoms with Crippen LogP contribution in [0.25, 0.3) is 0 Å². The maximum atomic E-state index is 13.5. The number of carboxylic acids is 1. The fraction of sp³-hybridized carbons (Fsp3) is 0.444. The van der Waals surface area contributed by atoms with E-state index in [4.69, 9.17) is 24.1 Å². The van der Waals surface area contributed by atoms with Crippen molar-refractivity contribution in [2.24, 2.45) is 0 Å². The summed E-state index contributed by atoms with van der Waals surface area (Å²) in [6, 6.07) is 13.4. The van der Waals surface area contributed by atoms with Crippen LogP contribution >= 0.6 is 0 Å². The quantitative estimate of drug-likeness (QED) is 0.449. The van der Waals surface area contributed by atoms with E-state index in [0.717, 1.165) is 25.9 Å². The van der Waals surface area contributed by atoms with Crippen LogP contribution in [0.4, 0.5) is 13.2 Å². The Hall–Kier alpha value is -4.00. The number of rotatable bonds is 10. The summed E-state index contributed by atoms with van der Waals surface area (Å²) in [7, 11) is 4.54. The number of aliphatic carboxylic acids is 1. The number of methoxy groups -OCH3 is 3. The number of carbonyl (C=O) groups excluding carboxylic acids is 2. The molecule has 0 radical (unpaired) electrons. The van der Waals surface area contributed by atoms with E-state index in [9.17, 15) is 22.8 Å². The number of ether oxygens (including phenoxy) is 3. The lowest BCUT2D eigenvalue weighted by atomic mass is 10.1. The Balaban J connectivity index is 0.000000708. The molecule has 0 atom stereocenters. The molecule has 0 bridgehead atoms. The molecule has 2 amide bonds. The van der Waals surface area contributed by atoms with Gasteiger partial charge >= 0.3 is 12.1 Å². The predicted molar refractivity (Wildman–Crippen MR) is 140 cm³/mol. The second-order valence-corrected chi connectivity index (χ2v) is 8.66. The number of halogens is 3. The van der Waals surface area contributed by atoms with Crippen molar-refractivity contribution >= 4 is 17.8 Å². The van der Waals surface area contributed by atoms with Crippen LogP contribution in [0, 0.1) is 0 Å². The van der Waals surface area contributed by atoms with Gasteiger partial charge in [-0.3, -0.25) is 9.59 Å². The van der Waals surface area contributed by atoms with Crippen LogP contribution in [0.3, 0.4) is 0 Å². The van der Waals surface area contributed by atoms with Crippen molar-refractivity contribution in [2.75, 3.05) is 60.6 Å². The molecular weight excluding hydrogens is 535 g/mol.